The third kappa shape index (κ3) is 4.40. The van der Waals surface area contributed by atoms with Gasteiger partial charge in [-0.2, -0.15) is 0 Å². The van der Waals surface area contributed by atoms with E-state index in [1.54, 1.807) is 17.4 Å². The number of carbonyl (C=O) groups is 2. The normalized spacial score (nSPS) is 11.0. The minimum atomic E-state index is -0.547. The van der Waals surface area contributed by atoms with Crippen LogP contribution in [0.2, 0.25) is 0 Å². The van der Waals surface area contributed by atoms with Crippen molar-refractivity contribution in [2.75, 3.05) is 11.9 Å². The van der Waals surface area contributed by atoms with Gasteiger partial charge in [0.05, 0.1) is 15.8 Å². The molecule has 0 aliphatic rings. The van der Waals surface area contributed by atoms with Crippen LogP contribution in [0.3, 0.4) is 0 Å². The van der Waals surface area contributed by atoms with Gasteiger partial charge in [-0.25, -0.2) is 9.78 Å². The van der Waals surface area contributed by atoms with E-state index in [4.69, 9.17) is 9.72 Å². The smallest absolute Gasteiger partial charge is 0.339 e. The molecule has 0 atom stereocenters. The summed E-state index contributed by atoms with van der Waals surface area (Å²) in [4.78, 5) is 30.3. The molecule has 4 aromatic carbocycles. The lowest BCUT2D eigenvalue weighted by Gasteiger charge is -2.11. The third-order valence-corrected chi connectivity index (χ3v) is 6.56. The van der Waals surface area contributed by atoms with Gasteiger partial charge >= 0.3 is 5.97 Å². The number of amides is 1. The molecule has 0 bridgehead atoms. The summed E-state index contributed by atoms with van der Waals surface area (Å²) in [7, 11) is 0. The van der Waals surface area contributed by atoms with Crippen molar-refractivity contribution in [2.45, 2.75) is 13.8 Å². The van der Waals surface area contributed by atoms with Crippen molar-refractivity contribution in [3.05, 3.63) is 95.6 Å². The lowest BCUT2D eigenvalue weighted by atomic mass is 9.99. The van der Waals surface area contributed by atoms with Gasteiger partial charge in [0.2, 0.25) is 0 Å². The number of fused-ring (bicyclic) bond motifs is 2. The molecule has 6 heteroatoms. The maximum absolute atomic E-state index is 13.1. The number of carbonyl (C=O) groups excluding carboxylic acids is 2. The first kappa shape index (κ1) is 21.8. The maximum atomic E-state index is 13.1. The largest absolute Gasteiger partial charge is 0.452 e. The van der Waals surface area contributed by atoms with Gasteiger partial charge in [-0.15, -0.1) is 11.3 Å². The molecule has 1 aromatic heterocycles. The van der Waals surface area contributed by atoms with Crippen molar-refractivity contribution in [2.24, 2.45) is 0 Å². The van der Waals surface area contributed by atoms with Gasteiger partial charge in [-0.1, -0.05) is 48.5 Å². The van der Waals surface area contributed by atoms with Crippen LogP contribution in [-0.4, -0.2) is 23.5 Å². The van der Waals surface area contributed by atoms with Crippen molar-refractivity contribution in [1.82, 2.24) is 4.98 Å². The number of aromatic nitrogens is 1. The van der Waals surface area contributed by atoms with Crippen molar-refractivity contribution < 1.29 is 14.3 Å². The second-order valence-electron chi connectivity index (χ2n) is 8.20. The van der Waals surface area contributed by atoms with Crippen molar-refractivity contribution in [3.8, 4) is 10.6 Å². The van der Waals surface area contributed by atoms with Crippen LogP contribution in [0.15, 0.2) is 78.9 Å². The Bertz CT molecular complexity index is 1500. The van der Waals surface area contributed by atoms with Crippen LogP contribution >= 0.6 is 11.3 Å². The summed E-state index contributed by atoms with van der Waals surface area (Å²) in [6, 6.07) is 25.1. The molecule has 1 N–H and O–H groups in total. The predicted octanol–water partition coefficient (Wildman–Crippen LogP) is 6.53. The van der Waals surface area contributed by atoms with Gasteiger partial charge in [0.15, 0.2) is 6.61 Å². The van der Waals surface area contributed by atoms with Gasteiger partial charge in [0, 0.05) is 16.6 Å². The number of aryl methyl sites for hydroxylation is 2. The summed E-state index contributed by atoms with van der Waals surface area (Å²) >= 11 is 1.58. The molecular formula is C28H22N2O3S. The maximum Gasteiger partial charge on any atom is 0.339 e. The molecule has 34 heavy (non-hydrogen) atoms. The van der Waals surface area contributed by atoms with Gasteiger partial charge in [-0.3, -0.25) is 4.79 Å². The second-order valence-corrected chi connectivity index (χ2v) is 9.23. The molecule has 0 fully saturated rings. The molecule has 0 aliphatic carbocycles. The Hall–Kier alpha value is -4.03. The number of thiazole rings is 1. The molecule has 0 radical (unpaired) electrons. The average Bonchev–Trinajstić information content (AvgIpc) is 3.25. The van der Waals surface area contributed by atoms with E-state index in [-0.39, 0.29) is 12.5 Å². The molecule has 0 unspecified atom stereocenters. The SMILES string of the molecule is Cc1cc(C)cc(NC(=O)COC(=O)c2cccc3cccc(-c4nc5ccccc5s4)c23)c1. The summed E-state index contributed by atoms with van der Waals surface area (Å²) < 4.78 is 6.49. The fraction of sp³-hybridized carbons (Fsp3) is 0.107. The van der Waals surface area contributed by atoms with Crippen molar-refractivity contribution in [1.29, 1.82) is 0 Å². The molecule has 5 aromatic rings. The predicted molar refractivity (Wildman–Crippen MR) is 137 cm³/mol. The number of ether oxygens (including phenoxy) is 1. The molecule has 0 aliphatic heterocycles. The second kappa shape index (κ2) is 9.08. The highest BCUT2D eigenvalue weighted by atomic mass is 32.1. The van der Waals surface area contributed by atoms with Crippen molar-refractivity contribution >= 4 is 49.9 Å². The van der Waals surface area contributed by atoms with E-state index in [1.807, 2.05) is 86.6 Å². The average molecular weight is 467 g/mol. The van der Waals surface area contributed by atoms with Crippen LogP contribution in [0, 0.1) is 13.8 Å². The molecule has 1 amide bonds. The van der Waals surface area contributed by atoms with E-state index in [2.05, 4.69) is 5.32 Å². The lowest BCUT2D eigenvalue weighted by Crippen LogP contribution is -2.21. The summed E-state index contributed by atoms with van der Waals surface area (Å²) in [5.41, 5.74) is 4.97. The Morgan fingerprint density at radius 1 is 0.912 bits per heavy atom. The Kier molecular flexibility index (Phi) is 5.82. The monoisotopic (exact) mass is 466 g/mol. The minimum Gasteiger partial charge on any atom is -0.452 e. The Balaban J connectivity index is 1.42. The molecule has 168 valence electrons. The molecule has 0 spiro atoms. The third-order valence-electron chi connectivity index (χ3n) is 5.49. The van der Waals surface area contributed by atoms with E-state index < -0.39 is 5.97 Å². The number of esters is 1. The van der Waals surface area contributed by atoms with Gasteiger partial charge in [-0.05, 0) is 60.7 Å². The molecule has 5 rings (SSSR count). The fourth-order valence-corrected chi connectivity index (χ4v) is 5.13. The van der Waals surface area contributed by atoms with E-state index in [0.29, 0.717) is 11.3 Å². The zero-order valence-electron chi connectivity index (χ0n) is 18.8. The number of rotatable bonds is 5. The summed E-state index contributed by atoms with van der Waals surface area (Å²) in [5.74, 6) is -0.931. The Morgan fingerprint density at radius 3 is 2.41 bits per heavy atom. The number of anilines is 1. The number of hydrogen-bond acceptors (Lipinski definition) is 5. The zero-order valence-corrected chi connectivity index (χ0v) is 19.6. The Labute approximate surface area is 201 Å². The first-order chi connectivity index (χ1) is 16.5. The number of benzene rings is 4. The fourth-order valence-electron chi connectivity index (χ4n) is 4.13. The summed E-state index contributed by atoms with van der Waals surface area (Å²) in [6.45, 7) is 3.56. The van der Waals surface area contributed by atoms with E-state index >= 15 is 0 Å². The number of nitrogens with zero attached hydrogens (tertiary/aromatic N) is 1. The van der Waals surface area contributed by atoms with E-state index in [0.717, 1.165) is 42.7 Å². The Morgan fingerprint density at radius 2 is 1.65 bits per heavy atom. The van der Waals surface area contributed by atoms with Crippen LogP contribution in [0.4, 0.5) is 5.69 Å². The standard InChI is InChI=1S/C28H22N2O3S/c1-17-13-18(2)15-20(14-17)29-25(31)16-33-28(32)22-10-6-8-19-7-5-9-21(26(19)22)27-30-23-11-3-4-12-24(23)34-27/h3-15H,16H2,1-2H3,(H,29,31). The van der Waals surface area contributed by atoms with Crippen LogP contribution in [0.1, 0.15) is 21.5 Å². The summed E-state index contributed by atoms with van der Waals surface area (Å²) in [6.07, 6.45) is 0. The molecular weight excluding hydrogens is 444 g/mol. The zero-order chi connectivity index (χ0) is 23.7. The summed E-state index contributed by atoms with van der Waals surface area (Å²) in [5, 5.41) is 5.30. The van der Waals surface area contributed by atoms with Crippen LogP contribution in [-0.2, 0) is 9.53 Å². The van der Waals surface area contributed by atoms with Gasteiger partial charge in [0.25, 0.3) is 5.91 Å². The van der Waals surface area contributed by atoms with Crippen LogP contribution in [0.25, 0.3) is 31.6 Å². The highest BCUT2D eigenvalue weighted by Crippen LogP contribution is 2.36. The highest BCUT2D eigenvalue weighted by molar-refractivity contribution is 7.21. The first-order valence-electron chi connectivity index (χ1n) is 10.9. The van der Waals surface area contributed by atoms with Crippen LogP contribution in [0.5, 0.6) is 0 Å². The van der Waals surface area contributed by atoms with Crippen LogP contribution < -0.4 is 5.32 Å². The lowest BCUT2D eigenvalue weighted by molar-refractivity contribution is -0.119. The quantitative estimate of drug-likeness (QED) is 0.299. The molecule has 5 nitrogen and oxygen atoms in total. The van der Waals surface area contributed by atoms with E-state index in [1.165, 1.54) is 0 Å². The van der Waals surface area contributed by atoms with Crippen molar-refractivity contribution in [3.63, 3.8) is 0 Å². The highest BCUT2D eigenvalue weighted by Gasteiger charge is 2.18. The number of nitrogens with one attached hydrogen (secondary N) is 1. The first-order valence-corrected chi connectivity index (χ1v) is 11.7. The number of hydrogen-bond donors (Lipinski definition) is 1. The topological polar surface area (TPSA) is 68.3 Å². The molecule has 0 saturated heterocycles. The van der Waals surface area contributed by atoms with Gasteiger partial charge < -0.3 is 10.1 Å². The molecule has 0 saturated carbocycles. The minimum absolute atomic E-state index is 0.370. The number of para-hydroxylation sites is 1. The molecule has 1 heterocycles. The van der Waals surface area contributed by atoms with E-state index in [9.17, 15) is 9.59 Å². The van der Waals surface area contributed by atoms with Gasteiger partial charge in [0.1, 0.15) is 5.01 Å².